The molecule has 2 amide bonds. The first kappa shape index (κ1) is 29.9. The lowest BCUT2D eigenvalue weighted by atomic mass is 10.0. The number of benzene rings is 2. The molecule has 0 aliphatic carbocycles. The van der Waals surface area contributed by atoms with E-state index in [2.05, 4.69) is 5.32 Å². The number of anilines is 1. The third-order valence-electron chi connectivity index (χ3n) is 5.40. The molecule has 0 fully saturated rings. The van der Waals surface area contributed by atoms with E-state index in [-0.39, 0.29) is 37.7 Å². The summed E-state index contributed by atoms with van der Waals surface area (Å²) in [5.74, 6) is -0.468. The normalized spacial score (nSPS) is 12.6. The summed E-state index contributed by atoms with van der Waals surface area (Å²) >= 11 is 12.1. The Morgan fingerprint density at radius 2 is 1.67 bits per heavy atom. The first-order valence-electron chi connectivity index (χ1n) is 11.8. The maximum absolute atomic E-state index is 13.4. The van der Waals surface area contributed by atoms with Crippen molar-refractivity contribution < 1.29 is 18.0 Å². The van der Waals surface area contributed by atoms with E-state index in [0.29, 0.717) is 22.2 Å². The number of hydrogen-bond acceptors (Lipinski definition) is 4. The summed E-state index contributed by atoms with van der Waals surface area (Å²) in [5.41, 5.74) is 0.824. The van der Waals surface area contributed by atoms with Gasteiger partial charge in [-0.05, 0) is 69.5 Å². The van der Waals surface area contributed by atoms with Crippen LogP contribution in [0.5, 0.6) is 0 Å². The zero-order chi connectivity index (χ0) is 27.1. The second-order valence-corrected chi connectivity index (χ2v) is 12.5. The zero-order valence-electron chi connectivity index (χ0n) is 21.4. The van der Waals surface area contributed by atoms with Gasteiger partial charge in [-0.25, -0.2) is 8.42 Å². The van der Waals surface area contributed by atoms with E-state index in [4.69, 9.17) is 23.2 Å². The van der Waals surface area contributed by atoms with Gasteiger partial charge in [-0.15, -0.1) is 0 Å². The van der Waals surface area contributed by atoms with Gasteiger partial charge in [-0.2, -0.15) is 0 Å². The van der Waals surface area contributed by atoms with Gasteiger partial charge in [0.25, 0.3) is 0 Å². The van der Waals surface area contributed by atoms with Crippen LogP contribution in [0.2, 0.25) is 10.0 Å². The van der Waals surface area contributed by atoms with Gasteiger partial charge in [0.2, 0.25) is 21.8 Å². The Morgan fingerprint density at radius 1 is 1.03 bits per heavy atom. The lowest BCUT2D eigenvalue weighted by Gasteiger charge is -2.33. The van der Waals surface area contributed by atoms with E-state index in [0.717, 1.165) is 11.8 Å². The minimum Gasteiger partial charge on any atom is -0.350 e. The highest BCUT2D eigenvalue weighted by Gasteiger charge is 2.30. The Balaban J connectivity index is 2.23. The predicted octanol–water partition coefficient (Wildman–Crippen LogP) is 5.26. The van der Waals surface area contributed by atoms with Crippen molar-refractivity contribution in [3.05, 3.63) is 64.1 Å². The van der Waals surface area contributed by atoms with Gasteiger partial charge in [-0.1, -0.05) is 48.3 Å². The van der Waals surface area contributed by atoms with Gasteiger partial charge in [-0.3, -0.25) is 13.9 Å². The second-order valence-electron chi connectivity index (χ2n) is 9.73. The Bertz CT molecular complexity index is 1150. The fourth-order valence-corrected chi connectivity index (χ4v) is 5.06. The molecule has 0 bridgehead atoms. The number of carbonyl (C=O) groups excluding carboxylic acids is 2. The Labute approximate surface area is 224 Å². The fraction of sp³-hybridized carbons (Fsp3) is 0.462. The maximum atomic E-state index is 13.4. The van der Waals surface area contributed by atoms with Crippen LogP contribution in [0, 0.1) is 0 Å². The van der Waals surface area contributed by atoms with Crippen molar-refractivity contribution in [3.8, 4) is 0 Å². The monoisotopic (exact) mass is 555 g/mol. The molecule has 0 unspecified atom stereocenters. The molecule has 2 rings (SSSR count). The van der Waals surface area contributed by atoms with Gasteiger partial charge in [0.15, 0.2) is 0 Å². The quantitative estimate of drug-likeness (QED) is 0.409. The Hall–Kier alpha value is -2.29. The molecule has 36 heavy (non-hydrogen) atoms. The van der Waals surface area contributed by atoms with Gasteiger partial charge in [0.1, 0.15) is 6.04 Å². The van der Waals surface area contributed by atoms with Gasteiger partial charge >= 0.3 is 0 Å². The number of rotatable bonds is 11. The average molecular weight is 557 g/mol. The number of halogens is 2. The lowest BCUT2D eigenvalue weighted by molar-refractivity contribution is -0.142. The molecule has 0 aliphatic heterocycles. The van der Waals surface area contributed by atoms with E-state index in [1.807, 2.05) is 39.8 Å². The molecule has 0 saturated carbocycles. The van der Waals surface area contributed by atoms with Gasteiger partial charge in [0.05, 0.1) is 11.9 Å². The molecule has 0 saturated heterocycles. The number of hydrogen-bond donors (Lipinski definition) is 1. The summed E-state index contributed by atoms with van der Waals surface area (Å²) in [5, 5.41) is 3.97. The number of carbonyl (C=O) groups is 2. The molecule has 2 aromatic carbocycles. The van der Waals surface area contributed by atoms with Gasteiger partial charge in [0, 0.05) is 35.1 Å². The van der Waals surface area contributed by atoms with Crippen molar-refractivity contribution in [1.82, 2.24) is 10.2 Å². The molecule has 1 atom stereocenters. The molecule has 0 spiro atoms. The van der Waals surface area contributed by atoms with Crippen molar-refractivity contribution in [2.75, 3.05) is 17.1 Å². The van der Waals surface area contributed by atoms with Crippen molar-refractivity contribution >= 4 is 50.7 Å². The highest BCUT2D eigenvalue weighted by molar-refractivity contribution is 7.92. The van der Waals surface area contributed by atoms with Crippen molar-refractivity contribution in [2.24, 2.45) is 0 Å². The molecular weight excluding hydrogens is 521 g/mol. The van der Waals surface area contributed by atoms with Crippen LogP contribution in [0.1, 0.15) is 52.5 Å². The minimum absolute atomic E-state index is 0.0689. The molecule has 0 heterocycles. The number of sulfonamides is 1. The van der Waals surface area contributed by atoms with Crippen LogP contribution in [-0.4, -0.2) is 49.5 Å². The van der Waals surface area contributed by atoms with Crippen LogP contribution in [0.15, 0.2) is 48.5 Å². The maximum Gasteiger partial charge on any atom is 0.243 e. The molecular formula is C26H35Cl2N3O4S. The molecule has 0 aromatic heterocycles. The summed E-state index contributed by atoms with van der Waals surface area (Å²) in [6.45, 7) is 7.86. The number of amides is 2. The second kappa shape index (κ2) is 12.8. The highest BCUT2D eigenvalue weighted by atomic mass is 35.5. The summed E-state index contributed by atoms with van der Waals surface area (Å²) in [6, 6.07) is 13.0. The van der Waals surface area contributed by atoms with Crippen LogP contribution in [0.4, 0.5) is 5.69 Å². The molecule has 2 aromatic rings. The average Bonchev–Trinajstić information content (AvgIpc) is 2.75. The SMILES string of the molecule is CC[C@H](C(=O)NC(C)(C)C)N(Cc1ccc(Cl)cc1)C(=O)CCCN(c1cccc(Cl)c1)S(C)(=O)=O. The van der Waals surface area contributed by atoms with E-state index in [1.165, 1.54) is 4.31 Å². The molecule has 1 N–H and O–H groups in total. The third kappa shape index (κ3) is 9.30. The predicted molar refractivity (Wildman–Crippen MR) is 147 cm³/mol. The van der Waals surface area contributed by atoms with Crippen LogP contribution >= 0.6 is 23.2 Å². The summed E-state index contributed by atoms with van der Waals surface area (Å²) in [6.07, 6.45) is 1.89. The Kier molecular flexibility index (Phi) is 10.6. The molecule has 7 nitrogen and oxygen atoms in total. The molecule has 0 radical (unpaired) electrons. The lowest BCUT2D eigenvalue weighted by Crippen LogP contribution is -2.53. The van der Waals surface area contributed by atoms with Crippen LogP contribution in [0.25, 0.3) is 0 Å². The van der Waals surface area contributed by atoms with Gasteiger partial charge < -0.3 is 10.2 Å². The largest absolute Gasteiger partial charge is 0.350 e. The van der Waals surface area contributed by atoms with Crippen molar-refractivity contribution in [1.29, 1.82) is 0 Å². The topological polar surface area (TPSA) is 86.8 Å². The minimum atomic E-state index is -3.59. The van der Waals surface area contributed by atoms with Crippen LogP contribution in [-0.2, 0) is 26.2 Å². The van der Waals surface area contributed by atoms with Crippen LogP contribution in [0.3, 0.4) is 0 Å². The standard InChI is InChI=1S/C26H35Cl2N3O4S/c1-6-23(25(33)29-26(2,3)4)30(18-19-12-14-20(27)15-13-19)24(32)11-8-16-31(36(5,34)35)22-10-7-9-21(28)17-22/h7,9-10,12-15,17,23H,6,8,11,16,18H2,1-5H3,(H,29,33)/t23-/m1/s1. The van der Waals surface area contributed by atoms with Crippen LogP contribution < -0.4 is 9.62 Å². The Morgan fingerprint density at radius 3 is 2.19 bits per heavy atom. The van der Waals surface area contributed by atoms with E-state index < -0.39 is 21.6 Å². The molecule has 0 aliphatic rings. The van der Waals surface area contributed by atoms with Crippen molar-refractivity contribution in [2.45, 2.75) is 65.1 Å². The zero-order valence-corrected chi connectivity index (χ0v) is 23.8. The first-order valence-corrected chi connectivity index (χ1v) is 14.4. The summed E-state index contributed by atoms with van der Waals surface area (Å²) in [4.78, 5) is 28.1. The first-order chi connectivity index (χ1) is 16.7. The third-order valence-corrected chi connectivity index (χ3v) is 7.08. The smallest absolute Gasteiger partial charge is 0.243 e. The van der Waals surface area contributed by atoms with Crippen molar-refractivity contribution in [3.63, 3.8) is 0 Å². The fourth-order valence-electron chi connectivity index (χ4n) is 3.79. The molecule has 198 valence electrons. The number of nitrogens with one attached hydrogen (secondary N) is 1. The highest BCUT2D eigenvalue weighted by Crippen LogP contribution is 2.23. The summed E-state index contributed by atoms with van der Waals surface area (Å²) in [7, 11) is -3.59. The van der Waals surface area contributed by atoms with E-state index in [1.54, 1.807) is 41.3 Å². The molecule has 10 heteroatoms. The number of nitrogens with zero attached hydrogens (tertiary/aromatic N) is 2. The van der Waals surface area contributed by atoms with E-state index >= 15 is 0 Å². The summed E-state index contributed by atoms with van der Waals surface area (Å²) < 4.78 is 26.1. The van der Waals surface area contributed by atoms with E-state index in [9.17, 15) is 18.0 Å².